The van der Waals surface area contributed by atoms with E-state index in [4.69, 9.17) is 0 Å². The number of aromatic hydroxyl groups is 1. The number of aromatic nitrogens is 2. The number of Topliss-reactive ketones (excluding diaryl/α,β-unsaturated/α-hetero) is 1. The Hall–Kier alpha value is -3.16. The molecule has 156 valence electrons. The van der Waals surface area contributed by atoms with Gasteiger partial charge in [-0.25, -0.2) is 0 Å². The minimum absolute atomic E-state index is 0.163. The van der Waals surface area contributed by atoms with E-state index >= 15 is 0 Å². The summed E-state index contributed by atoms with van der Waals surface area (Å²) < 4.78 is 0. The molecule has 3 aromatic rings. The van der Waals surface area contributed by atoms with E-state index in [-0.39, 0.29) is 17.3 Å². The van der Waals surface area contributed by atoms with Gasteiger partial charge in [-0.15, -0.1) is 0 Å². The number of benzene rings is 1. The van der Waals surface area contributed by atoms with Crippen molar-refractivity contribution in [1.29, 1.82) is 0 Å². The number of allylic oxidation sites excluding steroid dienone is 2. The van der Waals surface area contributed by atoms with Crippen LogP contribution >= 0.6 is 0 Å². The summed E-state index contributed by atoms with van der Waals surface area (Å²) in [7, 11) is 5.80. The Kier molecular flexibility index (Phi) is 5.32. The van der Waals surface area contributed by atoms with Crippen molar-refractivity contribution in [3.63, 3.8) is 0 Å². The lowest BCUT2D eigenvalue weighted by Crippen LogP contribution is -2.20. The van der Waals surface area contributed by atoms with Gasteiger partial charge in [-0.1, -0.05) is 6.07 Å². The fraction of sp³-hybridized carbons (Fsp3) is 0.304. The van der Waals surface area contributed by atoms with Gasteiger partial charge in [0.1, 0.15) is 5.75 Å². The van der Waals surface area contributed by atoms with E-state index in [1.165, 1.54) is 6.08 Å². The minimum Gasteiger partial charge on any atom is -0.507 e. The number of likely N-dealkylation sites (N-methyl/N-ethyl adjacent to an activating group) is 2. The maximum Gasteiger partial charge on any atom is 0.203 e. The molecular weight excluding hydrogens is 380 g/mol. The molecule has 4 N–H and O–H groups in total. The first kappa shape index (κ1) is 20.1. The largest absolute Gasteiger partial charge is 0.507 e. The van der Waals surface area contributed by atoms with Gasteiger partial charge in [0.25, 0.3) is 0 Å². The number of rotatable bonds is 7. The maximum absolute atomic E-state index is 13.5. The van der Waals surface area contributed by atoms with Crippen molar-refractivity contribution in [2.24, 2.45) is 0 Å². The lowest BCUT2D eigenvalue weighted by molar-refractivity contribution is 0.0998. The molecule has 2 heterocycles. The summed E-state index contributed by atoms with van der Waals surface area (Å²) in [6.45, 7) is 1.45. The number of hydrogen-bond donors (Lipinski definition) is 4. The average molecular weight is 406 g/mol. The van der Waals surface area contributed by atoms with Gasteiger partial charge in [0.15, 0.2) is 5.78 Å². The second-order valence-corrected chi connectivity index (χ2v) is 7.90. The molecule has 1 aromatic carbocycles. The van der Waals surface area contributed by atoms with E-state index in [1.807, 2.05) is 32.1 Å². The highest BCUT2D eigenvalue weighted by Gasteiger charge is 2.32. The molecule has 0 fully saturated rings. The molecule has 0 atom stereocenters. The van der Waals surface area contributed by atoms with Gasteiger partial charge in [-0.3, -0.25) is 9.59 Å². The summed E-state index contributed by atoms with van der Waals surface area (Å²) in [4.78, 5) is 34.6. The Balaban J connectivity index is 1.85. The van der Waals surface area contributed by atoms with E-state index in [0.717, 1.165) is 23.2 Å². The summed E-state index contributed by atoms with van der Waals surface area (Å²) in [5, 5.41) is 14.3. The lowest BCUT2D eigenvalue weighted by Gasteiger charge is -2.16. The van der Waals surface area contributed by atoms with Gasteiger partial charge in [0, 0.05) is 29.7 Å². The van der Waals surface area contributed by atoms with Crippen molar-refractivity contribution < 1.29 is 14.7 Å². The highest BCUT2D eigenvalue weighted by Crippen LogP contribution is 2.37. The highest BCUT2D eigenvalue weighted by molar-refractivity contribution is 6.39. The molecule has 0 amide bonds. The quantitative estimate of drug-likeness (QED) is 0.483. The number of aromatic amines is 2. The van der Waals surface area contributed by atoms with E-state index in [2.05, 4.69) is 15.3 Å². The summed E-state index contributed by atoms with van der Waals surface area (Å²) in [5.74, 6) is -0.221. The summed E-state index contributed by atoms with van der Waals surface area (Å²) in [6.07, 6.45) is 4.43. The second kappa shape index (κ2) is 7.93. The van der Waals surface area contributed by atoms with E-state index in [0.29, 0.717) is 47.3 Å². The minimum atomic E-state index is -0.211. The van der Waals surface area contributed by atoms with E-state index in [1.54, 1.807) is 18.3 Å². The van der Waals surface area contributed by atoms with Crippen LogP contribution in [0.4, 0.5) is 0 Å². The van der Waals surface area contributed by atoms with Crippen molar-refractivity contribution in [3.05, 3.63) is 58.6 Å². The fourth-order valence-corrected chi connectivity index (χ4v) is 4.08. The molecule has 1 aliphatic rings. The number of nitrogens with zero attached hydrogens (tertiary/aromatic N) is 1. The van der Waals surface area contributed by atoms with Crippen LogP contribution in [0.1, 0.15) is 37.7 Å². The van der Waals surface area contributed by atoms with Gasteiger partial charge < -0.3 is 25.3 Å². The van der Waals surface area contributed by atoms with Gasteiger partial charge >= 0.3 is 0 Å². The zero-order valence-corrected chi connectivity index (χ0v) is 17.4. The number of ketones is 2. The molecule has 0 saturated carbocycles. The predicted octanol–water partition coefficient (Wildman–Crippen LogP) is 2.53. The number of carbonyl (C=O) groups is 2. The lowest BCUT2D eigenvalue weighted by atomic mass is 9.88. The van der Waals surface area contributed by atoms with Crippen LogP contribution in [0.3, 0.4) is 0 Å². The van der Waals surface area contributed by atoms with Gasteiger partial charge in [0.2, 0.25) is 5.78 Å². The first-order valence-electron chi connectivity index (χ1n) is 10.1. The molecule has 0 saturated heterocycles. The topological polar surface area (TPSA) is 101 Å². The maximum atomic E-state index is 13.5. The molecule has 1 aliphatic carbocycles. The summed E-state index contributed by atoms with van der Waals surface area (Å²) >= 11 is 0. The first-order chi connectivity index (χ1) is 14.4. The van der Waals surface area contributed by atoms with Crippen LogP contribution in [0.2, 0.25) is 0 Å². The van der Waals surface area contributed by atoms with E-state index in [9.17, 15) is 14.7 Å². The Morgan fingerprint density at radius 3 is 2.67 bits per heavy atom. The van der Waals surface area contributed by atoms with Crippen molar-refractivity contribution in [1.82, 2.24) is 20.2 Å². The zero-order valence-electron chi connectivity index (χ0n) is 17.4. The predicted molar refractivity (Wildman–Crippen MR) is 117 cm³/mol. The molecule has 0 bridgehead atoms. The van der Waals surface area contributed by atoms with Crippen LogP contribution in [-0.2, 0) is 12.8 Å². The van der Waals surface area contributed by atoms with Crippen molar-refractivity contribution in [2.45, 2.75) is 12.8 Å². The van der Waals surface area contributed by atoms with Crippen molar-refractivity contribution in [2.75, 3.05) is 34.2 Å². The third-order valence-electron chi connectivity index (χ3n) is 5.58. The number of nitrogens with one attached hydrogen (secondary N) is 3. The Morgan fingerprint density at radius 2 is 1.93 bits per heavy atom. The third kappa shape index (κ3) is 3.36. The molecule has 0 radical (unpaired) electrons. The number of H-pyrrole nitrogens is 2. The number of phenolic OH excluding ortho intramolecular Hbond substituents is 1. The molecule has 2 aromatic heterocycles. The molecule has 4 rings (SSSR count). The molecule has 0 spiro atoms. The molecule has 0 aliphatic heterocycles. The number of phenols is 1. The SMILES string of the molecule is CNCCc1c[nH]c2c1C(=O)C(c1[nH]c3cccc(O)c3c1CCN(C)C)=CC2=O. The molecule has 7 heteroatoms. The van der Waals surface area contributed by atoms with Crippen LogP contribution in [0.25, 0.3) is 16.5 Å². The Bertz CT molecular complexity index is 1170. The number of fused-ring (bicyclic) bond motifs is 2. The van der Waals surface area contributed by atoms with Crippen LogP contribution in [0, 0.1) is 0 Å². The number of carbonyl (C=O) groups excluding carboxylic acids is 2. The van der Waals surface area contributed by atoms with Gasteiger partial charge in [-0.2, -0.15) is 0 Å². The average Bonchev–Trinajstić information content (AvgIpc) is 3.30. The molecule has 30 heavy (non-hydrogen) atoms. The number of hydrogen-bond acceptors (Lipinski definition) is 5. The second-order valence-electron chi connectivity index (χ2n) is 7.90. The normalized spacial score (nSPS) is 13.9. The first-order valence-corrected chi connectivity index (χ1v) is 10.1. The third-order valence-corrected chi connectivity index (χ3v) is 5.58. The monoisotopic (exact) mass is 406 g/mol. The molecule has 0 unspecified atom stereocenters. The molecule has 7 nitrogen and oxygen atoms in total. The van der Waals surface area contributed by atoms with Crippen LogP contribution < -0.4 is 5.32 Å². The van der Waals surface area contributed by atoms with Crippen molar-refractivity contribution >= 4 is 28.0 Å². The smallest absolute Gasteiger partial charge is 0.203 e. The zero-order chi connectivity index (χ0) is 21.4. The van der Waals surface area contributed by atoms with Crippen LogP contribution in [0.5, 0.6) is 5.75 Å². The molecular formula is C23H26N4O3. The van der Waals surface area contributed by atoms with Crippen molar-refractivity contribution in [3.8, 4) is 5.75 Å². The fourth-order valence-electron chi connectivity index (χ4n) is 4.08. The summed E-state index contributed by atoms with van der Waals surface area (Å²) in [5.41, 5.74) is 4.19. The Labute approximate surface area is 174 Å². The van der Waals surface area contributed by atoms with Crippen LogP contribution in [0.15, 0.2) is 30.5 Å². The Morgan fingerprint density at radius 1 is 1.13 bits per heavy atom. The van der Waals surface area contributed by atoms with Crippen LogP contribution in [-0.4, -0.2) is 65.8 Å². The van der Waals surface area contributed by atoms with Gasteiger partial charge in [-0.05, 0) is 63.8 Å². The standard InChI is InChI=1S/C23H26N4O3/c1-24-9-7-13-12-25-22-18(29)11-15(23(30)19(13)22)21-14(8-10-27(2)3)20-16(26-21)5-4-6-17(20)28/h4-6,11-12,24-26,28H,7-10H2,1-3H3. The van der Waals surface area contributed by atoms with Gasteiger partial charge in [0.05, 0.1) is 22.5 Å². The summed E-state index contributed by atoms with van der Waals surface area (Å²) in [6, 6.07) is 5.27. The highest BCUT2D eigenvalue weighted by atomic mass is 16.3. The van der Waals surface area contributed by atoms with E-state index < -0.39 is 0 Å².